The number of hydrogen-bond acceptors (Lipinski definition) is 5. The summed E-state index contributed by atoms with van der Waals surface area (Å²) < 4.78 is 55.4. The van der Waals surface area contributed by atoms with Crippen molar-refractivity contribution < 1.29 is 27.5 Å². The van der Waals surface area contributed by atoms with Gasteiger partial charge in [-0.3, -0.25) is 0 Å². The summed E-state index contributed by atoms with van der Waals surface area (Å²) in [5.41, 5.74) is 2.09. The number of nitrogens with zero attached hydrogens (tertiary/aromatic N) is 3. The van der Waals surface area contributed by atoms with Gasteiger partial charge in [0.25, 0.3) is 0 Å². The van der Waals surface area contributed by atoms with E-state index in [1.54, 1.807) is 32.9 Å². The molecule has 2 aromatic heterocycles. The van der Waals surface area contributed by atoms with E-state index in [2.05, 4.69) is 10.1 Å². The minimum atomic E-state index is -4.46. The predicted octanol–water partition coefficient (Wildman–Crippen LogP) is 7.94. The topological polar surface area (TPSA) is 68.0 Å². The lowest BCUT2D eigenvalue weighted by molar-refractivity contribution is -0.137. The first-order chi connectivity index (χ1) is 17.3. The minimum Gasteiger partial charge on any atom is -0.476 e. The highest BCUT2D eigenvalue weighted by atomic mass is 32.2. The predicted molar refractivity (Wildman–Crippen MR) is 137 cm³/mol. The Bertz CT molecular complexity index is 1470. The Morgan fingerprint density at radius 2 is 1.65 bits per heavy atom. The van der Waals surface area contributed by atoms with Crippen LogP contribution in [0.15, 0.2) is 40.6 Å². The van der Waals surface area contributed by atoms with Gasteiger partial charge in [0, 0.05) is 16.4 Å². The summed E-state index contributed by atoms with van der Waals surface area (Å²) in [7, 11) is 0. The first-order valence-corrected chi connectivity index (χ1v) is 12.9. The minimum absolute atomic E-state index is 0.128. The number of thioether (sulfide) groups is 1. The summed E-state index contributed by atoms with van der Waals surface area (Å²) in [5, 5.41) is 15.0. The average Bonchev–Trinajstić information content (AvgIpc) is 3.37. The number of benzene rings is 2. The number of alkyl halides is 3. The fraction of sp³-hybridized carbons (Fsp3) is 0.269. The molecular weight excluding hydrogens is 526 g/mol. The van der Waals surface area contributed by atoms with Crippen molar-refractivity contribution in [2.24, 2.45) is 0 Å². The smallest absolute Gasteiger partial charge is 0.416 e. The van der Waals surface area contributed by atoms with Gasteiger partial charge in [-0.15, -0.1) is 11.8 Å². The number of thiazole rings is 1. The van der Waals surface area contributed by atoms with Gasteiger partial charge < -0.3 is 5.11 Å². The number of aryl methyl sites for hydroxylation is 3. The van der Waals surface area contributed by atoms with Crippen LogP contribution in [-0.4, -0.2) is 31.1 Å². The lowest BCUT2D eigenvalue weighted by Gasteiger charge is -2.08. The first-order valence-electron chi connectivity index (χ1n) is 11.2. The number of rotatable bonds is 6. The lowest BCUT2D eigenvalue weighted by Crippen LogP contribution is -2.09. The molecule has 1 N–H and O–H groups in total. The van der Waals surface area contributed by atoms with Crippen LogP contribution in [0.3, 0.4) is 0 Å². The van der Waals surface area contributed by atoms with Gasteiger partial charge >= 0.3 is 12.1 Å². The third-order valence-electron chi connectivity index (χ3n) is 5.58. The molecule has 0 aliphatic carbocycles. The van der Waals surface area contributed by atoms with Gasteiger partial charge in [-0.1, -0.05) is 37.3 Å². The molecular formula is C26H23F4N3O2S2. The second-order valence-electron chi connectivity index (χ2n) is 8.82. The summed E-state index contributed by atoms with van der Waals surface area (Å²) in [6.07, 6.45) is -4.46. The summed E-state index contributed by atoms with van der Waals surface area (Å²) in [6.45, 7) is 8.83. The summed E-state index contributed by atoms with van der Waals surface area (Å²) in [5.74, 6) is -1.60. The molecule has 0 aliphatic rings. The van der Waals surface area contributed by atoms with E-state index in [4.69, 9.17) is 0 Å². The van der Waals surface area contributed by atoms with Gasteiger partial charge in [0.1, 0.15) is 5.82 Å². The molecule has 0 saturated carbocycles. The number of aromatic carboxylic acids is 1. The van der Waals surface area contributed by atoms with Crippen LogP contribution in [0, 0.1) is 26.6 Å². The molecule has 0 spiro atoms. The zero-order valence-electron chi connectivity index (χ0n) is 20.6. The highest BCUT2D eigenvalue weighted by Gasteiger charge is 2.31. The maximum absolute atomic E-state index is 14.2. The molecule has 11 heteroatoms. The van der Waals surface area contributed by atoms with E-state index in [9.17, 15) is 27.5 Å². The Kier molecular flexibility index (Phi) is 7.22. The van der Waals surface area contributed by atoms with Crippen LogP contribution in [0.4, 0.5) is 17.6 Å². The van der Waals surface area contributed by atoms with Crippen molar-refractivity contribution in [1.82, 2.24) is 14.8 Å². The van der Waals surface area contributed by atoms with E-state index < -0.39 is 17.7 Å². The molecule has 0 saturated heterocycles. The van der Waals surface area contributed by atoms with Crippen molar-refractivity contribution in [2.45, 2.75) is 50.3 Å². The second kappa shape index (κ2) is 9.94. The molecule has 0 bridgehead atoms. The number of carbonyl (C=O) groups is 1. The van der Waals surface area contributed by atoms with E-state index in [0.29, 0.717) is 39.2 Å². The van der Waals surface area contributed by atoms with Crippen LogP contribution in [0.2, 0.25) is 0 Å². The molecule has 37 heavy (non-hydrogen) atoms. The zero-order chi connectivity index (χ0) is 27.2. The zero-order valence-corrected chi connectivity index (χ0v) is 22.2. The number of carboxylic acid groups (broad SMARTS) is 1. The van der Waals surface area contributed by atoms with Crippen LogP contribution < -0.4 is 0 Å². The molecule has 5 nitrogen and oxygen atoms in total. The first kappa shape index (κ1) is 26.9. The SMILES string of the molecule is Cc1cc(-c2c(C)nn(-c3nc(-c4ccc(C(F)(F)F)cc4)c(SC(C)C)s3)c2C(=O)O)cc(C)c1F. The van der Waals surface area contributed by atoms with Crippen molar-refractivity contribution >= 4 is 29.1 Å². The Morgan fingerprint density at radius 1 is 1.05 bits per heavy atom. The summed E-state index contributed by atoms with van der Waals surface area (Å²) in [4.78, 5) is 17.1. The van der Waals surface area contributed by atoms with Crippen molar-refractivity contribution in [3.8, 4) is 27.5 Å². The monoisotopic (exact) mass is 549 g/mol. The Hall–Kier alpha value is -3.18. The quantitative estimate of drug-likeness (QED) is 0.195. The molecule has 0 unspecified atom stereocenters. The van der Waals surface area contributed by atoms with Gasteiger partial charge in [0.15, 0.2) is 5.69 Å². The molecule has 0 atom stereocenters. The van der Waals surface area contributed by atoms with Crippen molar-refractivity contribution in [2.75, 3.05) is 0 Å². The van der Waals surface area contributed by atoms with Gasteiger partial charge in [-0.25, -0.2) is 14.2 Å². The fourth-order valence-electron chi connectivity index (χ4n) is 3.98. The van der Waals surface area contributed by atoms with Crippen molar-refractivity contribution in [1.29, 1.82) is 0 Å². The van der Waals surface area contributed by atoms with Gasteiger partial charge in [-0.05, 0) is 61.7 Å². The highest BCUT2D eigenvalue weighted by Crippen LogP contribution is 2.41. The van der Waals surface area contributed by atoms with Crippen LogP contribution in [-0.2, 0) is 6.18 Å². The molecule has 0 amide bonds. The van der Waals surface area contributed by atoms with E-state index in [1.807, 2.05) is 13.8 Å². The fourth-order valence-corrected chi connectivity index (χ4v) is 6.46. The summed E-state index contributed by atoms with van der Waals surface area (Å²) in [6, 6.07) is 7.87. The third-order valence-corrected chi connectivity index (χ3v) is 7.83. The number of carboxylic acids is 1. The third kappa shape index (κ3) is 5.28. The molecule has 0 fully saturated rings. The Balaban J connectivity index is 1.89. The van der Waals surface area contributed by atoms with Gasteiger partial charge in [-0.2, -0.15) is 23.0 Å². The van der Waals surface area contributed by atoms with Crippen LogP contribution in [0.25, 0.3) is 27.5 Å². The van der Waals surface area contributed by atoms with Crippen molar-refractivity contribution in [3.63, 3.8) is 0 Å². The molecule has 0 aliphatic heterocycles. The molecule has 0 radical (unpaired) electrons. The van der Waals surface area contributed by atoms with Crippen LogP contribution >= 0.6 is 23.1 Å². The normalized spacial score (nSPS) is 11.9. The summed E-state index contributed by atoms with van der Waals surface area (Å²) >= 11 is 2.69. The van der Waals surface area contributed by atoms with Crippen LogP contribution in [0.1, 0.15) is 46.7 Å². The number of hydrogen-bond donors (Lipinski definition) is 1. The van der Waals surface area contributed by atoms with Gasteiger partial charge in [0.2, 0.25) is 5.13 Å². The van der Waals surface area contributed by atoms with E-state index in [-0.39, 0.29) is 21.9 Å². The van der Waals surface area contributed by atoms with Crippen molar-refractivity contribution in [3.05, 3.63) is 70.3 Å². The maximum atomic E-state index is 14.2. The van der Waals surface area contributed by atoms with Crippen LogP contribution in [0.5, 0.6) is 0 Å². The lowest BCUT2D eigenvalue weighted by atomic mass is 9.98. The largest absolute Gasteiger partial charge is 0.476 e. The molecule has 2 aromatic carbocycles. The standard InChI is InChI=1S/C26H23F4N3O2S2/c1-12(2)36-24-21(16-6-8-18(9-7-16)26(28,29)30)31-25(37-24)33-22(23(34)35)19(15(5)32-33)17-10-13(3)20(27)14(4)11-17/h6-12H,1-5H3,(H,34,35). The number of halogens is 4. The van der Waals surface area contributed by atoms with Gasteiger partial charge in [0.05, 0.1) is 21.2 Å². The highest BCUT2D eigenvalue weighted by molar-refractivity contribution is 8.01. The second-order valence-corrected chi connectivity index (χ2v) is 11.6. The Morgan fingerprint density at radius 3 is 2.16 bits per heavy atom. The average molecular weight is 550 g/mol. The van der Waals surface area contributed by atoms with E-state index in [0.717, 1.165) is 16.3 Å². The molecule has 4 rings (SSSR count). The van der Waals surface area contributed by atoms with E-state index in [1.165, 1.54) is 39.9 Å². The van der Waals surface area contributed by atoms with E-state index >= 15 is 0 Å². The number of aromatic nitrogens is 3. The Labute approximate surface area is 219 Å². The molecule has 4 aromatic rings. The maximum Gasteiger partial charge on any atom is 0.416 e. The molecule has 194 valence electrons. The molecule has 2 heterocycles.